The molecule has 1 aliphatic rings. The van der Waals surface area contributed by atoms with E-state index in [9.17, 15) is 14.7 Å². The van der Waals surface area contributed by atoms with Gasteiger partial charge >= 0.3 is 11.7 Å². The summed E-state index contributed by atoms with van der Waals surface area (Å²) in [6.07, 6.45) is 5.89. The molecule has 0 atom stereocenters. The fraction of sp³-hybridized carbons (Fsp3) is 0.107. The summed E-state index contributed by atoms with van der Waals surface area (Å²) in [5.41, 5.74) is 5.46. The molecule has 5 rings (SSSR count). The van der Waals surface area contributed by atoms with Gasteiger partial charge in [-0.25, -0.2) is 9.59 Å². The number of benzene rings is 3. The predicted molar refractivity (Wildman–Crippen MR) is 138 cm³/mol. The van der Waals surface area contributed by atoms with Crippen LogP contribution >= 0.6 is 12.2 Å². The second-order valence-corrected chi connectivity index (χ2v) is 8.69. The lowest BCUT2D eigenvalue weighted by Gasteiger charge is -2.22. The Morgan fingerprint density at radius 1 is 1.00 bits per heavy atom. The SMILES string of the molecule is COc1ccc(Cn2c(=O)[nH]cc(C3c4ccccc4C=Cc4ccccc43)c2=S)cc1C(=O)O. The minimum atomic E-state index is -1.10. The molecule has 3 aromatic carbocycles. The fourth-order valence-electron chi connectivity index (χ4n) is 4.61. The lowest BCUT2D eigenvalue weighted by Crippen LogP contribution is -2.26. The smallest absolute Gasteiger partial charge is 0.339 e. The first-order valence-corrected chi connectivity index (χ1v) is 11.5. The van der Waals surface area contributed by atoms with E-state index in [1.54, 1.807) is 18.3 Å². The van der Waals surface area contributed by atoms with Crippen molar-refractivity contribution in [1.29, 1.82) is 0 Å². The molecule has 0 saturated carbocycles. The van der Waals surface area contributed by atoms with Crippen molar-refractivity contribution in [3.8, 4) is 5.75 Å². The van der Waals surface area contributed by atoms with Crippen molar-refractivity contribution in [2.45, 2.75) is 12.5 Å². The first-order valence-electron chi connectivity index (χ1n) is 11.1. The van der Waals surface area contributed by atoms with Crippen LogP contribution in [0.5, 0.6) is 5.75 Å². The molecule has 6 nitrogen and oxygen atoms in total. The Morgan fingerprint density at radius 3 is 2.23 bits per heavy atom. The number of rotatable bonds is 5. The summed E-state index contributed by atoms with van der Waals surface area (Å²) in [5.74, 6) is -1.03. The van der Waals surface area contributed by atoms with Crippen LogP contribution in [0.3, 0.4) is 0 Å². The van der Waals surface area contributed by atoms with Crippen LogP contribution in [0.1, 0.15) is 49.7 Å². The number of carbonyl (C=O) groups is 1. The Labute approximate surface area is 206 Å². The molecule has 7 heteroatoms. The van der Waals surface area contributed by atoms with E-state index >= 15 is 0 Å². The van der Waals surface area contributed by atoms with Gasteiger partial charge in [0.05, 0.1) is 13.7 Å². The zero-order chi connectivity index (χ0) is 24.5. The standard InChI is InChI=1S/C28H22N2O4S/c1-34-24-13-10-17(14-22(24)27(31)32)16-30-26(35)23(15-29-28(30)33)25-20-8-4-2-6-18(20)11-12-19-7-3-5-9-21(19)25/h2-15,25H,16H2,1H3,(H,29,33)(H,31,32). The normalized spacial score (nSPS) is 12.5. The van der Waals surface area contributed by atoms with E-state index in [0.29, 0.717) is 10.2 Å². The molecular weight excluding hydrogens is 460 g/mol. The van der Waals surface area contributed by atoms with Crippen LogP contribution in [0, 0.1) is 4.64 Å². The van der Waals surface area contributed by atoms with Gasteiger partial charge in [-0.05, 0) is 39.9 Å². The Balaban J connectivity index is 1.66. The third kappa shape index (κ3) is 4.11. The molecule has 35 heavy (non-hydrogen) atoms. The van der Waals surface area contributed by atoms with E-state index < -0.39 is 5.97 Å². The molecule has 0 unspecified atom stereocenters. The maximum atomic E-state index is 12.9. The summed E-state index contributed by atoms with van der Waals surface area (Å²) in [6.45, 7) is 0.126. The van der Waals surface area contributed by atoms with Gasteiger partial charge in [0.1, 0.15) is 16.0 Å². The van der Waals surface area contributed by atoms with Crippen LogP contribution in [-0.4, -0.2) is 27.7 Å². The highest BCUT2D eigenvalue weighted by Crippen LogP contribution is 2.39. The molecule has 1 heterocycles. The van der Waals surface area contributed by atoms with Crippen molar-refractivity contribution in [2.75, 3.05) is 7.11 Å². The summed E-state index contributed by atoms with van der Waals surface area (Å²) in [7, 11) is 1.42. The lowest BCUT2D eigenvalue weighted by molar-refractivity contribution is 0.0693. The Bertz CT molecular complexity index is 1550. The van der Waals surface area contributed by atoms with E-state index in [4.69, 9.17) is 17.0 Å². The largest absolute Gasteiger partial charge is 0.496 e. The molecule has 2 N–H and O–H groups in total. The zero-order valence-electron chi connectivity index (χ0n) is 18.9. The highest BCUT2D eigenvalue weighted by Gasteiger charge is 2.25. The number of H-pyrrole nitrogens is 1. The monoisotopic (exact) mass is 482 g/mol. The van der Waals surface area contributed by atoms with Gasteiger partial charge in [0.25, 0.3) is 0 Å². The summed E-state index contributed by atoms with van der Waals surface area (Å²) in [6, 6.07) is 21.1. The van der Waals surface area contributed by atoms with Gasteiger partial charge in [0.15, 0.2) is 0 Å². The first-order chi connectivity index (χ1) is 17.0. The highest BCUT2D eigenvalue weighted by molar-refractivity contribution is 7.71. The summed E-state index contributed by atoms with van der Waals surface area (Å²) < 4.78 is 7.03. The molecule has 0 spiro atoms. The number of nitrogens with one attached hydrogen (secondary N) is 1. The number of carboxylic acids is 1. The summed E-state index contributed by atoms with van der Waals surface area (Å²) in [5, 5.41) is 9.54. The van der Waals surface area contributed by atoms with Gasteiger partial charge in [-0.3, -0.25) is 4.57 Å². The number of fused-ring (bicyclic) bond motifs is 2. The molecule has 4 aromatic rings. The number of hydrogen-bond donors (Lipinski definition) is 2. The van der Waals surface area contributed by atoms with Gasteiger partial charge < -0.3 is 14.8 Å². The van der Waals surface area contributed by atoms with E-state index in [0.717, 1.165) is 27.8 Å². The minimum absolute atomic E-state index is 0.0294. The number of aromatic carboxylic acids is 1. The molecule has 1 aliphatic carbocycles. The quantitative estimate of drug-likeness (QED) is 0.331. The number of aromatic amines is 1. The topological polar surface area (TPSA) is 84.3 Å². The van der Waals surface area contributed by atoms with Crippen molar-refractivity contribution in [3.05, 3.63) is 127 Å². The number of methoxy groups -OCH3 is 1. The number of ether oxygens (including phenoxy) is 1. The number of carboxylic acid groups (broad SMARTS) is 1. The van der Waals surface area contributed by atoms with Gasteiger partial charge in [-0.1, -0.05) is 79.0 Å². The first kappa shape index (κ1) is 22.6. The maximum Gasteiger partial charge on any atom is 0.339 e. The molecular formula is C28H22N2O4S. The van der Waals surface area contributed by atoms with Crippen LogP contribution in [0.25, 0.3) is 12.2 Å². The number of nitrogens with zero attached hydrogens (tertiary/aromatic N) is 1. The van der Waals surface area contributed by atoms with Crippen molar-refractivity contribution in [1.82, 2.24) is 9.55 Å². The summed E-state index contributed by atoms with van der Waals surface area (Å²) in [4.78, 5) is 27.4. The van der Waals surface area contributed by atoms with Crippen LogP contribution in [0.15, 0.2) is 77.7 Å². The Hall–Kier alpha value is -4.23. The van der Waals surface area contributed by atoms with Crippen molar-refractivity contribution < 1.29 is 14.6 Å². The molecule has 0 bridgehead atoms. The van der Waals surface area contributed by atoms with Gasteiger partial charge in [0.2, 0.25) is 0 Å². The number of aromatic nitrogens is 2. The maximum absolute atomic E-state index is 12.9. The second-order valence-electron chi connectivity index (χ2n) is 8.30. The van der Waals surface area contributed by atoms with E-state index in [1.807, 2.05) is 24.3 Å². The van der Waals surface area contributed by atoms with Crippen LogP contribution < -0.4 is 10.4 Å². The highest BCUT2D eigenvalue weighted by atomic mass is 32.1. The molecule has 174 valence electrons. The van der Waals surface area contributed by atoms with Crippen LogP contribution in [0.4, 0.5) is 0 Å². The minimum Gasteiger partial charge on any atom is -0.496 e. The van der Waals surface area contributed by atoms with Crippen molar-refractivity contribution in [3.63, 3.8) is 0 Å². The third-order valence-electron chi connectivity index (χ3n) is 6.29. The average molecular weight is 483 g/mol. The molecule has 0 saturated heterocycles. The summed E-state index contributed by atoms with van der Waals surface area (Å²) >= 11 is 5.88. The zero-order valence-corrected chi connectivity index (χ0v) is 19.7. The van der Waals surface area contributed by atoms with Crippen LogP contribution in [-0.2, 0) is 6.54 Å². The third-order valence-corrected chi connectivity index (χ3v) is 6.75. The number of hydrogen-bond acceptors (Lipinski definition) is 4. The fourth-order valence-corrected chi connectivity index (χ4v) is 4.94. The second kappa shape index (κ2) is 9.19. The van der Waals surface area contributed by atoms with E-state index in [2.05, 4.69) is 41.4 Å². The molecule has 0 fully saturated rings. The lowest BCUT2D eigenvalue weighted by atomic mass is 9.83. The molecule has 1 aromatic heterocycles. The van der Waals surface area contributed by atoms with E-state index in [1.165, 1.54) is 17.7 Å². The van der Waals surface area contributed by atoms with Gasteiger partial charge in [-0.15, -0.1) is 0 Å². The van der Waals surface area contributed by atoms with Crippen LogP contribution in [0.2, 0.25) is 0 Å². The van der Waals surface area contributed by atoms with Crippen molar-refractivity contribution in [2.24, 2.45) is 0 Å². The Kier molecular flexibility index (Phi) is 5.93. The van der Waals surface area contributed by atoms with E-state index in [-0.39, 0.29) is 29.5 Å². The predicted octanol–water partition coefficient (Wildman–Crippen LogP) is 5.32. The van der Waals surface area contributed by atoms with Gasteiger partial charge in [0, 0.05) is 17.7 Å². The molecule has 0 amide bonds. The molecule has 0 aliphatic heterocycles. The van der Waals surface area contributed by atoms with Gasteiger partial charge in [-0.2, -0.15) is 0 Å². The Morgan fingerprint density at radius 2 is 1.63 bits per heavy atom. The van der Waals surface area contributed by atoms with Crippen molar-refractivity contribution >= 4 is 30.3 Å². The molecule has 0 radical (unpaired) electrons. The average Bonchev–Trinajstić information content (AvgIpc) is 3.04.